The average Bonchev–Trinajstić information content (AvgIpc) is 2.22. The molecule has 1 aliphatic rings. The molecule has 0 aromatic rings. The SMILES string of the molecule is C=CC1(C)C(C)C1C. The van der Waals surface area contributed by atoms with Crippen LogP contribution in [0.15, 0.2) is 12.7 Å². The van der Waals surface area contributed by atoms with Gasteiger partial charge in [-0.05, 0) is 17.3 Å². The van der Waals surface area contributed by atoms with Gasteiger partial charge in [-0.25, -0.2) is 0 Å². The second-order valence-corrected chi connectivity index (χ2v) is 3.15. The Labute approximate surface area is 51.6 Å². The average molecular weight is 110 g/mol. The normalized spacial score (nSPS) is 53.4. The number of hydrogen-bond donors (Lipinski definition) is 0. The number of rotatable bonds is 1. The Morgan fingerprint density at radius 3 is 1.75 bits per heavy atom. The second kappa shape index (κ2) is 1.37. The molecule has 0 heteroatoms. The standard InChI is InChI=1S/C8H14/c1-5-8(4)6(2)7(8)3/h5-7H,1H2,2-4H3. The summed E-state index contributed by atoms with van der Waals surface area (Å²) in [5.41, 5.74) is 0.472. The fourth-order valence-corrected chi connectivity index (χ4v) is 1.39. The van der Waals surface area contributed by atoms with Crippen LogP contribution >= 0.6 is 0 Å². The first-order valence-electron chi connectivity index (χ1n) is 3.26. The smallest absolute Gasteiger partial charge is 0.00923 e. The van der Waals surface area contributed by atoms with E-state index in [0.29, 0.717) is 5.41 Å². The fourth-order valence-electron chi connectivity index (χ4n) is 1.39. The Bertz CT molecular complexity index is 105. The van der Waals surface area contributed by atoms with E-state index in [1.54, 1.807) is 0 Å². The molecule has 0 saturated heterocycles. The van der Waals surface area contributed by atoms with Crippen LogP contribution in [0.2, 0.25) is 0 Å². The van der Waals surface area contributed by atoms with Crippen molar-refractivity contribution in [3.63, 3.8) is 0 Å². The van der Waals surface area contributed by atoms with Crippen LogP contribution in [0.3, 0.4) is 0 Å². The van der Waals surface area contributed by atoms with Gasteiger partial charge < -0.3 is 0 Å². The monoisotopic (exact) mass is 110 g/mol. The van der Waals surface area contributed by atoms with E-state index in [1.165, 1.54) is 0 Å². The molecular formula is C8H14. The predicted octanol–water partition coefficient (Wildman–Crippen LogP) is 2.46. The zero-order valence-electron chi connectivity index (χ0n) is 5.94. The van der Waals surface area contributed by atoms with Gasteiger partial charge in [-0.2, -0.15) is 0 Å². The summed E-state index contributed by atoms with van der Waals surface area (Å²) in [4.78, 5) is 0. The van der Waals surface area contributed by atoms with Crippen molar-refractivity contribution < 1.29 is 0 Å². The third-order valence-electron chi connectivity index (χ3n) is 3.04. The van der Waals surface area contributed by atoms with Crippen LogP contribution in [0, 0.1) is 17.3 Å². The van der Waals surface area contributed by atoms with Crippen molar-refractivity contribution in [3.8, 4) is 0 Å². The maximum Gasteiger partial charge on any atom is -0.00923 e. The minimum atomic E-state index is 0.472. The van der Waals surface area contributed by atoms with Gasteiger partial charge in [0.2, 0.25) is 0 Å². The van der Waals surface area contributed by atoms with Crippen LogP contribution in [0.25, 0.3) is 0 Å². The summed E-state index contributed by atoms with van der Waals surface area (Å²) in [6.45, 7) is 10.6. The highest BCUT2D eigenvalue weighted by atomic mass is 14.6. The number of allylic oxidation sites excluding steroid dienone is 1. The quantitative estimate of drug-likeness (QED) is 0.455. The van der Waals surface area contributed by atoms with E-state index >= 15 is 0 Å². The van der Waals surface area contributed by atoms with Gasteiger partial charge in [0.15, 0.2) is 0 Å². The molecule has 0 radical (unpaired) electrons. The first-order valence-corrected chi connectivity index (χ1v) is 3.26. The van der Waals surface area contributed by atoms with Crippen LogP contribution < -0.4 is 0 Å². The van der Waals surface area contributed by atoms with E-state index in [9.17, 15) is 0 Å². The summed E-state index contributed by atoms with van der Waals surface area (Å²) in [6.07, 6.45) is 2.09. The third kappa shape index (κ3) is 0.460. The van der Waals surface area contributed by atoms with Gasteiger partial charge in [-0.3, -0.25) is 0 Å². The van der Waals surface area contributed by atoms with Crippen molar-refractivity contribution in [2.24, 2.45) is 17.3 Å². The first kappa shape index (κ1) is 5.87. The fraction of sp³-hybridized carbons (Fsp3) is 0.750. The molecule has 1 rings (SSSR count). The van der Waals surface area contributed by atoms with Gasteiger partial charge >= 0.3 is 0 Å². The van der Waals surface area contributed by atoms with E-state index in [2.05, 4.69) is 33.4 Å². The summed E-state index contributed by atoms with van der Waals surface area (Å²) in [7, 11) is 0. The zero-order chi connectivity index (χ0) is 6.36. The van der Waals surface area contributed by atoms with Gasteiger partial charge in [0.05, 0.1) is 0 Å². The Kier molecular flexibility index (Phi) is 1.00. The molecule has 0 bridgehead atoms. The lowest BCUT2D eigenvalue weighted by atomic mass is 10.1. The summed E-state index contributed by atoms with van der Waals surface area (Å²) in [6, 6.07) is 0. The van der Waals surface area contributed by atoms with E-state index < -0.39 is 0 Å². The molecule has 1 aliphatic carbocycles. The maximum absolute atomic E-state index is 3.80. The van der Waals surface area contributed by atoms with Gasteiger partial charge in [-0.1, -0.05) is 26.8 Å². The molecule has 0 aliphatic heterocycles. The highest BCUT2D eigenvalue weighted by Crippen LogP contribution is 2.58. The van der Waals surface area contributed by atoms with Gasteiger partial charge in [-0.15, -0.1) is 6.58 Å². The van der Waals surface area contributed by atoms with E-state index in [1.807, 2.05) is 0 Å². The zero-order valence-corrected chi connectivity index (χ0v) is 5.94. The highest BCUT2D eigenvalue weighted by Gasteiger charge is 2.52. The second-order valence-electron chi connectivity index (χ2n) is 3.15. The topological polar surface area (TPSA) is 0 Å². The molecule has 0 N–H and O–H groups in total. The molecule has 1 fully saturated rings. The molecule has 0 amide bonds. The summed E-state index contributed by atoms with van der Waals surface area (Å²) >= 11 is 0. The van der Waals surface area contributed by atoms with Gasteiger partial charge in [0.25, 0.3) is 0 Å². The van der Waals surface area contributed by atoms with Gasteiger partial charge in [0, 0.05) is 0 Å². The van der Waals surface area contributed by atoms with Crippen LogP contribution in [-0.4, -0.2) is 0 Å². The first-order chi connectivity index (χ1) is 3.63. The highest BCUT2D eigenvalue weighted by molar-refractivity contribution is 5.12. The Balaban J connectivity index is 2.63. The minimum absolute atomic E-state index is 0.472. The van der Waals surface area contributed by atoms with Crippen LogP contribution in [0.4, 0.5) is 0 Å². The minimum Gasteiger partial charge on any atom is -0.103 e. The predicted molar refractivity (Wildman–Crippen MR) is 36.6 cm³/mol. The maximum atomic E-state index is 3.80. The lowest BCUT2D eigenvalue weighted by Gasteiger charge is -1.97. The van der Waals surface area contributed by atoms with Crippen molar-refractivity contribution in [1.29, 1.82) is 0 Å². The van der Waals surface area contributed by atoms with Gasteiger partial charge in [0.1, 0.15) is 0 Å². The molecule has 1 saturated carbocycles. The summed E-state index contributed by atoms with van der Waals surface area (Å²) in [5, 5.41) is 0. The van der Waals surface area contributed by atoms with E-state index in [0.717, 1.165) is 11.8 Å². The molecule has 8 heavy (non-hydrogen) atoms. The molecule has 2 unspecified atom stereocenters. The molecule has 0 aromatic carbocycles. The summed E-state index contributed by atoms with van der Waals surface area (Å²) < 4.78 is 0. The molecule has 0 heterocycles. The van der Waals surface area contributed by atoms with Crippen molar-refractivity contribution in [1.82, 2.24) is 0 Å². The molecule has 2 atom stereocenters. The lowest BCUT2D eigenvalue weighted by Crippen LogP contribution is -1.88. The molecule has 0 nitrogen and oxygen atoms in total. The molecule has 0 spiro atoms. The molecule has 0 aromatic heterocycles. The largest absolute Gasteiger partial charge is 0.103 e. The Morgan fingerprint density at radius 2 is 1.75 bits per heavy atom. The number of hydrogen-bond acceptors (Lipinski definition) is 0. The van der Waals surface area contributed by atoms with Crippen LogP contribution in [0.5, 0.6) is 0 Å². The van der Waals surface area contributed by atoms with Crippen molar-refractivity contribution in [2.75, 3.05) is 0 Å². The van der Waals surface area contributed by atoms with E-state index in [4.69, 9.17) is 0 Å². The Morgan fingerprint density at radius 1 is 1.38 bits per heavy atom. The lowest BCUT2D eigenvalue weighted by molar-refractivity contribution is 0.641. The van der Waals surface area contributed by atoms with Crippen LogP contribution in [-0.2, 0) is 0 Å². The van der Waals surface area contributed by atoms with Crippen molar-refractivity contribution in [3.05, 3.63) is 12.7 Å². The summed E-state index contributed by atoms with van der Waals surface area (Å²) in [5.74, 6) is 1.72. The molecular weight excluding hydrogens is 96.1 g/mol. The Hall–Kier alpha value is -0.260. The third-order valence-corrected chi connectivity index (χ3v) is 3.04. The van der Waals surface area contributed by atoms with Crippen molar-refractivity contribution >= 4 is 0 Å². The van der Waals surface area contributed by atoms with Crippen LogP contribution in [0.1, 0.15) is 20.8 Å². The van der Waals surface area contributed by atoms with Crippen molar-refractivity contribution in [2.45, 2.75) is 20.8 Å². The van der Waals surface area contributed by atoms with E-state index in [-0.39, 0.29) is 0 Å². The molecule has 46 valence electrons.